The van der Waals surface area contributed by atoms with Crippen molar-refractivity contribution in [3.8, 4) is 0 Å². The summed E-state index contributed by atoms with van der Waals surface area (Å²) in [5.41, 5.74) is 4.42. The molecule has 0 saturated heterocycles. The Hall–Kier alpha value is -3.08. The van der Waals surface area contributed by atoms with Crippen molar-refractivity contribution in [3.63, 3.8) is 0 Å². The molecule has 162 valence electrons. The summed E-state index contributed by atoms with van der Waals surface area (Å²) in [6.45, 7) is 4.36. The molecule has 4 aromatic rings. The molecule has 0 unspecified atom stereocenters. The van der Waals surface area contributed by atoms with Gasteiger partial charge in [-0.05, 0) is 60.9 Å². The Bertz CT molecular complexity index is 1380. The Morgan fingerprint density at radius 2 is 1.59 bits per heavy atom. The van der Waals surface area contributed by atoms with Crippen LogP contribution in [0.3, 0.4) is 0 Å². The Morgan fingerprint density at radius 1 is 0.875 bits per heavy atom. The molecule has 1 N–H and O–H groups in total. The topological polar surface area (TPSA) is 53.2 Å². The van der Waals surface area contributed by atoms with Gasteiger partial charge in [0.1, 0.15) is 0 Å². The first-order valence-electron chi connectivity index (χ1n) is 10.2. The number of carbonyl (C=O) groups excluding carboxylic acids is 1. The fourth-order valence-corrected chi connectivity index (χ4v) is 4.16. The third-order valence-corrected chi connectivity index (χ3v) is 6.16. The van der Waals surface area contributed by atoms with Crippen molar-refractivity contribution in [2.45, 2.75) is 26.9 Å². The highest BCUT2D eigenvalue weighted by Crippen LogP contribution is 2.23. The maximum absolute atomic E-state index is 13.4. The molecule has 0 aliphatic rings. The van der Waals surface area contributed by atoms with Crippen molar-refractivity contribution in [3.05, 3.63) is 115 Å². The summed E-state index contributed by atoms with van der Waals surface area (Å²) >= 11 is 12.5. The van der Waals surface area contributed by atoms with E-state index < -0.39 is 0 Å². The summed E-state index contributed by atoms with van der Waals surface area (Å²) in [5, 5.41) is 2.01. The molecule has 1 heterocycles. The van der Waals surface area contributed by atoms with Crippen LogP contribution in [0.2, 0.25) is 10.0 Å². The number of carbonyl (C=O) groups is 1. The summed E-state index contributed by atoms with van der Waals surface area (Å²) in [6.07, 6.45) is 0. The molecule has 0 aliphatic heterocycles. The lowest BCUT2D eigenvalue weighted by Crippen LogP contribution is -2.32. The number of aromatic nitrogens is 1. The van der Waals surface area contributed by atoms with E-state index >= 15 is 0 Å². The highest BCUT2D eigenvalue weighted by molar-refractivity contribution is 6.31. The Morgan fingerprint density at radius 3 is 2.34 bits per heavy atom. The van der Waals surface area contributed by atoms with Crippen LogP contribution in [0.5, 0.6) is 0 Å². The summed E-state index contributed by atoms with van der Waals surface area (Å²) in [4.78, 5) is 31.0. The summed E-state index contributed by atoms with van der Waals surface area (Å²) < 4.78 is 0. The van der Waals surface area contributed by atoms with Gasteiger partial charge in [-0.3, -0.25) is 9.59 Å². The fraction of sp³-hybridized carbons (Fsp3) is 0.154. The van der Waals surface area contributed by atoms with Gasteiger partial charge in [0.15, 0.2) is 0 Å². The maximum Gasteiger partial charge on any atom is 0.254 e. The van der Waals surface area contributed by atoms with E-state index in [2.05, 4.69) is 4.98 Å². The zero-order valence-electron chi connectivity index (χ0n) is 17.8. The quantitative estimate of drug-likeness (QED) is 0.376. The largest absolute Gasteiger partial charge is 0.330 e. The monoisotopic (exact) mass is 464 g/mol. The van der Waals surface area contributed by atoms with Crippen LogP contribution in [0.4, 0.5) is 0 Å². The zero-order chi connectivity index (χ0) is 22.8. The Kier molecular flexibility index (Phi) is 6.35. The van der Waals surface area contributed by atoms with Gasteiger partial charge in [-0.2, -0.15) is 0 Å². The molecule has 32 heavy (non-hydrogen) atoms. The van der Waals surface area contributed by atoms with Gasteiger partial charge in [-0.1, -0.05) is 59.6 Å². The molecule has 0 atom stereocenters. The van der Waals surface area contributed by atoms with Gasteiger partial charge >= 0.3 is 0 Å². The number of aryl methyl sites for hydroxylation is 2. The van der Waals surface area contributed by atoms with Gasteiger partial charge in [-0.25, -0.2) is 0 Å². The number of halogens is 2. The molecule has 1 aromatic heterocycles. The predicted molar refractivity (Wildman–Crippen MR) is 131 cm³/mol. The predicted octanol–water partition coefficient (Wildman–Crippen LogP) is 6.29. The Balaban J connectivity index is 1.77. The zero-order valence-corrected chi connectivity index (χ0v) is 19.3. The lowest BCUT2D eigenvalue weighted by atomic mass is 10.0. The molecular weight excluding hydrogens is 443 g/mol. The van der Waals surface area contributed by atoms with Crippen molar-refractivity contribution >= 4 is 40.0 Å². The lowest BCUT2D eigenvalue weighted by Gasteiger charge is -2.24. The first-order valence-corrected chi connectivity index (χ1v) is 11.0. The molecule has 1 amide bonds. The number of pyridine rings is 1. The van der Waals surface area contributed by atoms with Crippen LogP contribution in [0.15, 0.2) is 71.5 Å². The molecule has 0 radical (unpaired) electrons. The number of nitrogens with zero attached hydrogens (tertiary/aromatic N) is 1. The van der Waals surface area contributed by atoms with Crippen LogP contribution in [0, 0.1) is 13.8 Å². The van der Waals surface area contributed by atoms with Crippen LogP contribution in [0.1, 0.15) is 32.6 Å². The molecule has 4 rings (SSSR count). The standard InChI is InChI=1S/C26H22Cl2N2O2/c1-16-10-11-17(2)24-22(16)13-20(25(31)29-24)15-30(14-19-6-3-4-9-23(19)28)26(32)18-7-5-8-21(27)12-18/h3-13H,14-15H2,1-2H3,(H,29,31). The Labute approximate surface area is 196 Å². The smallest absolute Gasteiger partial charge is 0.254 e. The minimum Gasteiger partial charge on any atom is -0.330 e. The molecule has 0 fully saturated rings. The van der Waals surface area contributed by atoms with Crippen LogP contribution < -0.4 is 5.56 Å². The number of H-pyrrole nitrogens is 1. The summed E-state index contributed by atoms with van der Waals surface area (Å²) in [7, 11) is 0. The van der Waals surface area contributed by atoms with Gasteiger partial charge < -0.3 is 9.88 Å². The average molecular weight is 465 g/mol. The number of amides is 1. The fourth-order valence-electron chi connectivity index (χ4n) is 3.78. The minimum atomic E-state index is -0.229. The van der Waals surface area contributed by atoms with Crippen LogP contribution >= 0.6 is 23.2 Å². The highest BCUT2D eigenvalue weighted by Gasteiger charge is 2.20. The third kappa shape index (κ3) is 4.57. The van der Waals surface area contributed by atoms with Gasteiger partial charge in [0.2, 0.25) is 0 Å². The molecule has 0 spiro atoms. The number of hydrogen-bond acceptors (Lipinski definition) is 2. The summed E-state index contributed by atoms with van der Waals surface area (Å²) in [5.74, 6) is -0.229. The number of benzene rings is 3. The van der Waals surface area contributed by atoms with Crippen molar-refractivity contribution in [2.24, 2.45) is 0 Å². The molecular formula is C26H22Cl2N2O2. The number of hydrogen-bond donors (Lipinski definition) is 1. The van der Waals surface area contributed by atoms with Crippen molar-refractivity contribution in [1.82, 2.24) is 9.88 Å². The van der Waals surface area contributed by atoms with E-state index in [0.29, 0.717) is 21.2 Å². The van der Waals surface area contributed by atoms with E-state index in [-0.39, 0.29) is 24.6 Å². The second-order valence-corrected chi connectivity index (χ2v) is 8.72. The number of nitrogens with one attached hydrogen (secondary N) is 1. The molecule has 0 saturated carbocycles. The number of fused-ring (bicyclic) bond motifs is 1. The van der Waals surface area contributed by atoms with Crippen molar-refractivity contribution in [2.75, 3.05) is 0 Å². The van der Waals surface area contributed by atoms with Crippen LogP contribution in [-0.4, -0.2) is 15.8 Å². The van der Waals surface area contributed by atoms with E-state index in [1.165, 1.54) is 0 Å². The normalized spacial score (nSPS) is 11.0. The molecule has 3 aromatic carbocycles. The van der Waals surface area contributed by atoms with E-state index in [9.17, 15) is 9.59 Å². The van der Waals surface area contributed by atoms with Crippen molar-refractivity contribution < 1.29 is 4.79 Å². The SMILES string of the molecule is Cc1ccc(C)c2[nH]c(=O)c(CN(Cc3ccccc3Cl)C(=O)c3cccc(Cl)c3)cc12. The maximum atomic E-state index is 13.4. The van der Waals surface area contributed by atoms with E-state index in [1.54, 1.807) is 35.2 Å². The minimum absolute atomic E-state index is 0.134. The van der Waals surface area contributed by atoms with Gasteiger partial charge in [0.25, 0.3) is 11.5 Å². The van der Waals surface area contributed by atoms with E-state index in [1.807, 2.05) is 50.2 Å². The van der Waals surface area contributed by atoms with Crippen LogP contribution in [-0.2, 0) is 13.1 Å². The first-order chi connectivity index (χ1) is 15.3. The van der Waals surface area contributed by atoms with Crippen LogP contribution in [0.25, 0.3) is 10.9 Å². The second-order valence-electron chi connectivity index (χ2n) is 7.87. The highest BCUT2D eigenvalue weighted by atomic mass is 35.5. The number of rotatable bonds is 5. The van der Waals surface area contributed by atoms with E-state index in [0.717, 1.165) is 27.6 Å². The van der Waals surface area contributed by atoms with Gasteiger partial charge in [0.05, 0.1) is 12.1 Å². The summed E-state index contributed by atoms with van der Waals surface area (Å²) in [6, 6.07) is 20.1. The third-order valence-electron chi connectivity index (χ3n) is 5.56. The van der Waals surface area contributed by atoms with Gasteiger partial charge in [-0.15, -0.1) is 0 Å². The second kappa shape index (κ2) is 9.19. The number of aromatic amines is 1. The lowest BCUT2D eigenvalue weighted by molar-refractivity contribution is 0.0729. The molecule has 4 nitrogen and oxygen atoms in total. The molecule has 6 heteroatoms. The average Bonchev–Trinajstić information content (AvgIpc) is 2.77. The molecule has 0 bridgehead atoms. The van der Waals surface area contributed by atoms with Crippen molar-refractivity contribution in [1.29, 1.82) is 0 Å². The van der Waals surface area contributed by atoms with E-state index in [4.69, 9.17) is 23.2 Å². The molecule has 0 aliphatic carbocycles. The first kappa shape index (κ1) is 22.1. The van der Waals surface area contributed by atoms with Gasteiger partial charge in [0, 0.05) is 33.1 Å².